The third-order valence-electron chi connectivity index (χ3n) is 5.40. The first-order valence-corrected chi connectivity index (χ1v) is 10.6. The third kappa shape index (κ3) is 4.23. The fourth-order valence-electron chi connectivity index (χ4n) is 3.69. The molecule has 0 unspecified atom stereocenters. The van der Waals surface area contributed by atoms with Gasteiger partial charge in [-0.25, -0.2) is 4.99 Å². The van der Waals surface area contributed by atoms with E-state index in [9.17, 15) is 5.26 Å². The van der Waals surface area contributed by atoms with Crippen LogP contribution in [0.1, 0.15) is 55.7 Å². The van der Waals surface area contributed by atoms with Gasteiger partial charge < -0.3 is 9.47 Å². The van der Waals surface area contributed by atoms with Crippen molar-refractivity contribution in [1.29, 1.82) is 5.26 Å². The van der Waals surface area contributed by atoms with Crippen LogP contribution in [0.15, 0.2) is 23.2 Å². The van der Waals surface area contributed by atoms with Crippen molar-refractivity contribution in [2.75, 3.05) is 13.7 Å². The van der Waals surface area contributed by atoms with Crippen LogP contribution in [0.25, 0.3) is 0 Å². The van der Waals surface area contributed by atoms with Gasteiger partial charge in [0.2, 0.25) is 0 Å². The lowest BCUT2D eigenvalue weighted by molar-refractivity contribution is 0.218. The number of benzene rings is 1. The molecule has 4 nitrogen and oxygen atoms in total. The minimum absolute atomic E-state index is 0.288. The lowest BCUT2D eigenvalue weighted by Gasteiger charge is -2.33. The van der Waals surface area contributed by atoms with Crippen molar-refractivity contribution in [2.45, 2.75) is 47.0 Å². The Morgan fingerprint density at radius 3 is 2.75 bits per heavy atom. The third-order valence-corrected chi connectivity index (χ3v) is 6.56. The van der Waals surface area contributed by atoms with E-state index < -0.39 is 0 Å². The molecule has 1 heterocycles. The Morgan fingerprint density at radius 2 is 2.11 bits per heavy atom. The van der Waals surface area contributed by atoms with Gasteiger partial charge in [-0.15, -0.1) is 11.3 Å². The van der Waals surface area contributed by atoms with Crippen molar-refractivity contribution in [3.8, 4) is 17.6 Å². The van der Waals surface area contributed by atoms with E-state index in [0.717, 1.165) is 41.1 Å². The van der Waals surface area contributed by atoms with E-state index in [2.05, 4.69) is 31.8 Å². The second kappa shape index (κ2) is 8.36. The molecule has 0 spiro atoms. The van der Waals surface area contributed by atoms with Gasteiger partial charge in [0, 0.05) is 11.1 Å². The van der Waals surface area contributed by atoms with E-state index in [0.29, 0.717) is 18.3 Å². The van der Waals surface area contributed by atoms with Gasteiger partial charge in [-0.05, 0) is 66.8 Å². The molecule has 0 bridgehead atoms. The highest BCUT2D eigenvalue weighted by atomic mass is 32.1. The van der Waals surface area contributed by atoms with Gasteiger partial charge in [-0.1, -0.05) is 20.8 Å². The molecular weight excluding hydrogens is 368 g/mol. The maximum absolute atomic E-state index is 9.71. The molecule has 0 N–H and O–H groups in total. The summed E-state index contributed by atoms with van der Waals surface area (Å²) >= 11 is 1.67. The lowest BCUT2D eigenvalue weighted by atomic mass is 9.72. The molecule has 0 amide bonds. The molecule has 28 heavy (non-hydrogen) atoms. The summed E-state index contributed by atoms with van der Waals surface area (Å²) in [5.41, 5.74) is 3.17. The summed E-state index contributed by atoms with van der Waals surface area (Å²) in [6.07, 6.45) is 4.96. The predicted molar refractivity (Wildman–Crippen MR) is 115 cm³/mol. The maximum atomic E-state index is 9.71. The number of hydrogen-bond donors (Lipinski definition) is 0. The fourth-order valence-corrected chi connectivity index (χ4v) is 4.91. The van der Waals surface area contributed by atoms with Gasteiger partial charge >= 0.3 is 0 Å². The first-order chi connectivity index (χ1) is 13.4. The van der Waals surface area contributed by atoms with Crippen molar-refractivity contribution in [3.63, 3.8) is 0 Å². The molecule has 1 aliphatic carbocycles. The van der Waals surface area contributed by atoms with Crippen LogP contribution in [-0.4, -0.2) is 19.9 Å². The van der Waals surface area contributed by atoms with E-state index in [1.54, 1.807) is 24.7 Å². The van der Waals surface area contributed by atoms with Crippen LogP contribution in [0.4, 0.5) is 5.00 Å². The van der Waals surface area contributed by atoms with E-state index in [1.807, 2.05) is 25.1 Å². The Hall–Kier alpha value is -2.32. The zero-order chi connectivity index (χ0) is 20.3. The predicted octanol–water partition coefficient (Wildman–Crippen LogP) is 5.93. The Kier molecular flexibility index (Phi) is 6.10. The summed E-state index contributed by atoms with van der Waals surface area (Å²) in [5, 5.41) is 10.5. The minimum atomic E-state index is 0.288. The van der Waals surface area contributed by atoms with Crippen molar-refractivity contribution in [3.05, 3.63) is 39.8 Å². The van der Waals surface area contributed by atoms with Gasteiger partial charge in [0.25, 0.3) is 0 Å². The van der Waals surface area contributed by atoms with Crippen LogP contribution in [0.2, 0.25) is 0 Å². The van der Waals surface area contributed by atoms with E-state index in [1.165, 1.54) is 10.4 Å². The highest BCUT2D eigenvalue weighted by Crippen LogP contribution is 2.44. The van der Waals surface area contributed by atoms with Crippen molar-refractivity contribution < 1.29 is 9.47 Å². The Labute approximate surface area is 171 Å². The zero-order valence-electron chi connectivity index (χ0n) is 17.3. The summed E-state index contributed by atoms with van der Waals surface area (Å²) in [5.74, 6) is 2.06. The Bertz CT molecular complexity index is 916. The van der Waals surface area contributed by atoms with Crippen molar-refractivity contribution in [2.24, 2.45) is 16.3 Å². The van der Waals surface area contributed by atoms with E-state index in [4.69, 9.17) is 9.47 Å². The first-order valence-electron chi connectivity index (χ1n) is 9.76. The number of methoxy groups -OCH3 is 1. The second-order valence-corrected chi connectivity index (χ2v) is 9.29. The monoisotopic (exact) mass is 396 g/mol. The number of fused-ring (bicyclic) bond motifs is 1. The summed E-state index contributed by atoms with van der Waals surface area (Å²) < 4.78 is 11.0. The van der Waals surface area contributed by atoms with Gasteiger partial charge in [0.1, 0.15) is 11.1 Å². The van der Waals surface area contributed by atoms with Crippen LogP contribution in [0.3, 0.4) is 0 Å². The van der Waals surface area contributed by atoms with Gasteiger partial charge in [-0.3, -0.25) is 0 Å². The molecule has 0 saturated carbocycles. The van der Waals surface area contributed by atoms with Crippen molar-refractivity contribution in [1.82, 2.24) is 0 Å². The molecule has 0 saturated heterocycles. The maximum Gasteiger partial charge on any atom is 0.161 e. The number of ether oxygens (including phenoxy) is 2. The molecule has 0 fully saturated rings. The molecule has 5 heteroatoms. The highest BCUT2D eigenvalue weighted by molar-refractivity contribution is 7.16. The minimum Gasteiger partial charge on any atom is -0.493 e. The first kappa shape index (κ1) is 20.4. The standard InChI is InChI=1S/C23H28N2O2S/c1-6-27-19-10-7-15(11-20(19)26-5)14-25-22-18(13-24)17-9-8-16(23(2,3)4)12-21(17)28-22/h7,10-11,14,16H,6,8-9,12H2,1-5H3/t16-/m0/s1. The van der Waals surface area contributed by atoms with Gasteiger partial charge in [0.05, 0.1) is 19.3 Å². The molecule has 0 radical (unpaired) electrons. The number of thiophene rings is 1. The zero-order valence-corrected chi connectivity index (χ0v) is 18.2. The molecule has 1 atom stereocenters. The average molecular weight is 397 g/mol. The number of hydrogen-bond acceptors (Lipinski definition) is 5. The molecule has 1 aliphatic rings. The van der Waals surface area contributed by atoms with E-state index >= 15 is 0 Å². The Morgan fingerprint density at radius 1 is 1.32 bits per heavy atom. The molecule has 1 aromatic carbocycles. The normalized spacial score (nSPS) is 16.6. The smallest absolute Gasteiger partial charge is 0.161 e. The fraction of sp³-hybridized carbons (Fsp3) is 0.478. The van der Waals surface area contributed by atoms with Crippen LogP contribution in [0, 0.1) is 22.7 Å². The summed E-state index contributed by atoms with van der Waals surface area (Å²) in [4.78, 5) is 6.00. The molecule has 3 rings (SSSR count). The molecular formula is C23H28N2O2S. The number of rotatable bonds is 5. The number of nitrogens with zero attached hydrogens (tertiary/aromatic N) is 2. The quantitative estimate of drug-likeness (QED) is 0.589. The largest absolute Gasteiger partial charge is 0.493 e. The Balaban J connectivity index is 1.87. The molecule has 148 valence electrons. The van der Waals surface area contributed by atoms with Gasteiger partial charge in [-0.2, -0.15) is 5.26 Å². The summed E-state index contributed by atoms with van der Waals surface area (Å²) in [7, 11) is 1.63. The van der Waals surface area contributed by atoms with Crippen LogP contribution in [-0.2, 0) is 12.8 Å². The van der Waals surface area contributed by atoms with Crippen LogP contribution < -0.4 is 9.47 Å². The summed E-state index contributed by atoms with van der Waals surface area (Å²) in [6, 6.07) is 8.14. The molecule has 1 aromatic heterocycles. The lowest BCUT2D eigenvalue weighted by Crippen LogP contribution is -2.26. The van der Waals surface area contributed by atoms with Crippen LogP contribution in [0.5, 0.6) is 11.5 Å². The molecule has 2 aromatic rings. The van der Waals surface area contributed by atoms with E-state index in [-0.39, 0.29) is 5.41 Å². The summed E-state index contributed by atoms with van der Waals surface area (Å²) in [6.45, 7) is 9.45. The number of aliphatic imine (C=N–C) groups is 1. The van der Waals surface area contributed by atoms with Crippen LogP contribution >= 0.6 is 11.3 Å². The molecule has 0 aliphatic heterocycles. The van der Waals surface area contributed by atoms with Gasteiger partial charge in [0.15, 0.2) is 11.5 Å². The SMILES string of the molecule is CCOc1ccc(C=Nc2sc3c(c2C#N)CC[C@H](C(C)(C)C)C3)cc1OC. The topological polar surface area (TPSA) is 54.6 Å². The number of nitriles is 1. The average Bonchev–Trinajstić information content (AvgIpc) is 3.03. The van der Waals surface area contributed by atoms with Crippen molar-refractivity contribution >= 4 is 22.6 Å². The highest BCUT2D eigenvalue weighted by Gasteiger charge is 2.32. The second-order valence-electron chi connectivity index (χ2n) is 8.20.